The standard InChI is InChI=1S/C21H16N2O3S2/c24-20-16-5-1-2-6-17(16)22-21(23(20)11-15-4-3-9-27-15)28-12-14-7-8-18-19(10-14)26-13-25-18/h1-10H,11-13H2. The number of benzene rings is 2. The number of thioether (sulfide) groups is 1. The molecule has 0 saturated carbocycles. The van der Waals surface area contributed by atoms with Crippen LogP contribution in [0.5, 0.6) is 11.5 Å². The van der Waals surface area contributed by atoms with Gasteiger partial charge in [0, 0.05) is 10.6 Å². The highest BCUT2D eigenvalue weighted by Crippen LogP contribution is 2.34. The molecule has 0 atom stereocenters. The largest absolute Gasteiger partial charge is 0.454 e. The van der Waals surface area contributed by atoms with Gasteiger partial charge in [-0.15, -0.1) is 11.3 Å². The van der Waals surface area contributed by atoms with Gasteiger partial charge in [-0.2, -0.15) is 0 Å². The number of thiophene rings is 1. The maximum atomic E-state index is 13.1. The number of hydrogen-bond acceptors (Lipinski definition) is 6. The summed E-state index contributed by atoms with van der Waals surface area (Å²) in [6.07, 6.45) is 0. The Hall–Kier alpha value is -2.77. The Morgan fingerprint density at radius 3 is 2.86 bits per heavy atom. The van der Waals surface area contributed by atoms with Gasteiger partial charge in [-0.25, -0.2) is 4.98 Å². The third-order valence-electron chi connectivity index (χ3n) is 4.53. The predicted molar refractivity (Wildman–Crippen MR) is 112 cm³/mol. The molecular formula is C21H16N2O3S2. The maximum absolute atomic E-state index is 13.1. The fourth-order valence-electron chi connectivity index (χ4n) is 3.13. The van der Waals surface area contributed by atoms with Gasteiger partial charge < -0.3 is 9.47 Å². The van der Waals surface area contributed by atoms with Crippen LogP contribution in [0.4, 0.5) is 0 Å². The molecule has 1 aliphatic rings. The van der Waals surface area contributed by atoms with E-state index in [2.05, 4.69) is 0 Å². The van der Waals surface area contributed by atoms with E-state index in [1.807, 2.05) is 60.0 Å². The van der Waals surface area contributed by atoms with Crippen LogP contribution in [0.25, 0.3) is 10.9 Å². The molecule has 0 aliphatic carbocycles. The summed E-state index contributed by atoms with van der Waals surface area (Å²) in [5, 5.41) is 3.38. The van der Waals surface area contributed by atoms with Crippen LogP contribution in [0.15, 0.2) is 69.9 Å². The molecule has 0 spiro atoms. The molecule has 28 heavy (non-hydrogen) atoms. The lowest BCUT2D eigenvalue weighted by Crippen LogP contribution is -2.23. The van der Waals surface area contributed by atoms with Crippen LogP contribution < -0.4 is 15.0 Å². The van der Waals surface area contributed by atoms with Crippen molar-refractivity contribution in [1.29, 1.82) is 0 Å². The first kappa shape index (κ1) is 17.3. The highest BCUT2D eigenvalue weighted by atomic mass is 32.2. The summed E-state index contributed by atoms with van der Waals surface area (Å²) >= 11 is 3.20. The Morgan fingerprint density at radius 2 is 1.96 bits per heavy atom. The van der Waals surface area contributed by atoms with E-state index in [1.165, 1.54) is 0 Å². The van der Waals surface area contributed by atoms with Crippen molar-refractivity contribution in [1.82, 2.24) is 9.55 Å². The van der Waals surface area contributed by atoms with Crippen molar-refractivity contribution in [3.8, 4) is 11.5 Å². The minimum atomic E-state index is -0.00723. The first-order chi connectivity index (χ1) is 13.8. The molecule has 0 bridgehead atoms. The average molecular weight is 409 g/mol. The lowest BCUT2D eigenvalue weighted by atomic mass is 10.2. The smallest absolute Gasteiger partial charge is 0.262 e. The number of nitrogens with zero attached hydrogens (tertiary/aromatic N) is 2. The van der Waals surface area contributed by atoms with E-state index < -0.39 is 0 Å². The second-order valence-electron chi connectivity index (χ2n) is 6.36. The Labute approximate surface area is 169 Å². The zero-order valence-electron chi connectivity index (χ0n) is 14.8. The van der Waals surface area contributed by atoms with Crippen molar-refractivity contribution < 1.29 is 9.47 Å². The van der Waals surface area contributed by atoms with Gasteiger partial charge in [-0.3, -0.25) is 9.36 Å². The van der Waals surface area contributed by atoms with Gasteiger partial charge in [0.2, 0.25) is 6.79 Å². The van der Waals surface area contributed by atoms with E-state index in [0.717, 1.165) is 32.6 Å². The summed E-state index contributed by atoms with van der Waals surface area (Å²) < 4.78 is 12.6. The summed E-state index contributed by atoms with van der Waals surface area (Å²) in [5.41, 5.74) is 1.81. The second-order valence-corrected chi connectivity index (χ2v) is 8.33. The first-order valence-electron chi connectivity index (χ1n) is 8.81. The highest BCUT2D eigenvalue weighted by Gasteiger charge is 2.15. The van der Waals surface area contributed by atoms with Crippen LogP contribution in [0.1, 0.15) is 10.4 Å². The Balaban J connectivity index is 1.50. The zero-order chi connectivity index (χ0) is 18.9. The average Bonchev–Trinajstić information content (AvgIpc) is 3.40. The Kier molecular flexibility index (Phi) is 4.54. The Bertz CT molecular complexity index is 1200. The van der Waals surface area contributed by atoms with Gasteiger partial charge in [-0.05, 0) is 41.3 Å². The molecule has 140 valence electrons. The number of hydrogen-bond donors (Lipinski definition) is 0. The number of aromatic nitrogens is 2. The molecule has 4 aromatic rings. The molecule has 2 aromatic heterocycles. The summed E-state index contributed by atoms with van der Waals surface area (Å²) in [5.74, 6) is 2.22. The second kappa shape index (κ2) is 7.33. The zero-order valence-corrected chi connectivity index (χ0v) is 16.5. The molecule has 0 radical (unpaired) electrons. The predicted octanol–water partition coefficient (Wildman–Crippen LogP) is 4.53. The van der Waals surface area contributed by atoms with Gasteiger partial charge in [0.15, 0.2) is 16.7 Å². The minimum Gasteiger partial charge on any atom is -0.454 e. The Morgan fingerprint density at radius 1 is 1.07 bits per heavy atom. The fraction of sp³-hybridized carbons (Fsp3) is 0.143. The van der Waals surface area contributed by atoms with Gasteiger partial charge >= 0.3 is 0 Å². The third kappa shape index (κ3) is 3.27. The van der Waals surface area contributed by atoms with Crippen molar-refractivity contribution in [2.45, 2.75) is 17.5 Å². The van der Waals surface area contributed by atoms with Crippen molar-refractivity contribution >= 4 is 34.0 Å². The van der Waals surface area contributed by atoms with Crippen molar-refractivity contribution in [3.63, 3.8) is 0 Å². The summed E-state index contributed by atoms with van der Waals surface area (Å²) in [6, 6.07) is 17.5. The number of ether oxygens (including phenoxy) is 2. The van der Waals surface area contributed by atoms with Crippen LogP contribution in [0, 0.1) is 0 Å². The molecule has 0 fully saturated rings. The normalized spacial score (nSPS) is 12.6. The van der Waals surface area contributed by atoms with Crippen LogP contribution >= 0.6 is 23.1 Å². The van der Waals surface area contributed by atoms with E-state index in [0.29, 0.717) is 17.7 Å². The van der Waals surface area contributed by atoms with Crippen molar-refractivity contribution in [2.75, 3.05) is 6.79 Å². The summed E-state index contributed by atoms with van der Waals surface area (Å²) in [4.78, 5) is 19.0. The number of fused-ring (bicyclic) bond motifs is 2. The molecule has 7 heteroatoms. The van der Waals surface area contributed by atoms with Gasteiger partial charge in [0.25, 0.3) is 5.56 Å². The molecule has 5 rings (SSSR count). The van der Waals surface area contributed by atoms with Gasteiger partial charge in [0.1, 0.15) is 0 Å². The fourth-order valence-corrected chi connectivity index (χ4v) is 4.77. The molecule has 0 N–H and O–H groups in total. The molecule has 0 amide bonds. The topological polar surface area (TPSA) is 53.4 Å². The van der Waals surface area contributed by atoms with Crippen molar-refractivity contribution in [3.05, 3.63) is 80.8 Å². The molecule has 2 aromatic carbocycles. The van der Waals surface area contributed by atoms with Gasteiger partial charge in [-0.1, -0.05) is 36.0 Å². The van der Waals surface area contributed by atoms with E-state index in [-0.39, 0.29) is 12.4 Å². The van der Waals surface area contributed by atoms with Gasteiger partial charge in [0.05, 0.1) is 17.4 Å². The molecule has 5 nitrogen and oxygen atoms in total. The molecular weight excluding hydrogens is 392 g/mol. The lowest BCUT2D eigenvalue weighted by molar-refractivity contribution is 0.174. The molecule has 3 heterocycles. The summed E-state index contributed by atoms with van der Waals surface area (Å²) in [7, 11) is 0. The van der Waals surface area contributed by atoms with Crippen LogP contribution in [-0.2, 0) is 12.3 Å². The lowest BCUT2D eigenvalue weighted by Gasteiger charge is -2.12. The van der Waals surface area contributed by atoms with E-state index in [1.54, 1.807) is 27.7 Å². The molecule has 0 unspecified atom stereocenters. The first-order valence-corrected chi connectivity index (χ1v) is 10.7. The molecule has 0 saturated heterocycles. The monoisotopic (exact) mass is 408 g/mol. The SMILES string of the molecule is O=c1c2ccccc2nc(SCc2ccc3c(c2)OCO3)n1Cc1cccs1. The summed E-state index contributed by atoms with van der Waals surface area (Å²) in [6.45, 7) is 0.788. The van der Waals surface area contributed by atoms with Crippen molar-refractivity contribution in [2.24, 2.45) is 0 Å². The number of rotatable bonds is 5. The third-order valence-corrected chi connectivity index (χ3v) is 6.43. The van der Waals surface area contributed by atoms with E-state index in [4.69, 9.17) is 14.5 Å². The van der Waals surface area contributed by atoms with Crippen LogP contribution in [0.3, 0.4) is 0 Å². The van der Waals surface area contributed by atoms with E-state index in [9.17, 15) is 4.79 Å². The maximum Gasteiger partial charge on any atom is 0.262 e. The van der Waals surface area contributed by atoms with Crippen LogP contribution in [0.2, 0.25) is 0 Å². The molecule has 1 aliphatic heterocycles. The van der Waals surface area contributed by atoms with E-state index >= 15 is 0 Å². The number of para-hydroxylation sites is 1. The highest BCUT2D eigenvalue weighted by molar-refractivity contribution is 7.98. The van der Waals surface area contributed by atoms with Crippen LogP contribution in [-0.4, -0.2) is 16.3 Å². The quantitative estimate of drug-likeness (QED) is 0.359. The minimum absolute atomic E-state index is 0.00723.